The summed E-state index contributed by atoms with van der Waals surface area (Å²) in [5.41, 5.74) is 0.923. The number of hydrogen-bond donors (Lipinski definition) is 1. The highest BCUT2D eigenvalue weighted by molar-refractivity contribution is 7.80. The van der Waals surface area contributed by atoms with E-state index in [4.69, 9.17) is 28.6 Å². The van der Waals surface area contributed by atoms with Gasteiger partial charge in [0.1, 0.15) is 5.75 Å². The van der Waals surface area contributed by atoms with E-state index in [0.717, 1.165) is 5.69 Å². The van der Waals surface area contributed by atoms with Crippen molar-refractivity contribution in [3.05, 3.63) is 59.6 Å². The molecule has 0 atom stereocenters. The Morgan fingerprint density at radius 1 is 1.17 bits per heavy atom. The molecule has 0 heterocycles. The number of nitrogens with one attached hydrogen (secondary N) is 1. The van der Waals surface area contributed by atoms with Crippen molar-refractivity contribution in [2.45, 2.75) is 6.92 Å². The monoisotopic (exact) mass is 348 g/mol. The molecular formula is C17H17ClN2O2S. The number of carbonyl (C=O) groups is 1. The van der Waals surface area contributed by atoms with Crippen LogP contribution in [0, 0.1) is 0 Å². The highest BCUT2D eigenvalue weighted by Gasteiger charge is 2.13. The quantitative estimate of drug-likeness (QED) is 0.837. The number of carbonyl (C=O) groups excluding carboxylic acids is 1. The number of rotatable bonds is 5. The van der Waals surface area contributed by atoms with Crippen LogP contribution in [0.15, 0.2) is 54.6 Å². The Kier molecular flexibility index (Phi) is 6.38. The topological polar surface area (TPSA) is 41.6 Å². The molecule has 0 aliphatic carbocycles. The normalized spacial score (nSPS) is 10.0. The van der Waals surface area contributed by atoms with E-state index in [1.165, 1.54) is 0 Å². The van der Waals surface area contributed by atoms with Crippen LogP contribution in [0.5, 0.6) is 5.75 Å². The van der Waals surface area contributed by atoms with Crippen LogP contribution in [0.4, 0.5) is 5.69 Å². The minimum atomic E-state index is -0.329. The van der Waals surface area contributed by atoms with Gasteiger partial charge in [0, 0.05) is 12.2 Å². The molecule has 0 spiro atoms. The predicted octanol–water partition coefficient (Wildman–Crippen LogP) is 3.65. The zero-order valence-corrected chi connectivity index (χ0v) is 14.2. The van der Waals surface area contributed by atoms with Gasteiger partial charge in [-0.1, -0.05) is 41.9 Å². The number of hydrogen-bond acceptors (Lipinski definition) is 3. The fourth-order valence-corrected chi connectivity index (χ4v) is 2.52. The number of ether oxygens (including phenoxy) is 1. The molecule has 0 saturated carbocycles. The Bertz CT molecular complexity index is 679. The van der Waals surface area contributed by atoms with Crippen molar-refractivity contribution in [3.8, 4) is 5.75 Å². The summed E-state index contributed by atoms with van der Waals surface area (Å²) in [6.45, 7) is 2.45. The van der Waals surface area contributed by atoms with Gasteiger partial charge < -0.3 is 9.64 Å². The van der Waals surface area contributed by atoms with Crippen LogP contribution in [-0.2, 0) is 4.79 Å². The molecule has 0 fully saturated rings. The molecule has 120 valence electrons. The van der Waals surface area contributed by atoms with Gasteiger partial charge in [-0.15, -0.1) is 0 Å². The molecule has 23 heavy (non-hydrogen) atoms. The fourth-order valence-electron chi connectivity index (χ4n) is 1.98. The molecule has 0 bridgehead atoms. The van der Waals surface area contributed by atoms with Crippen LogP contribution >= 0.6 is 23.8 Å². The molecule has 0 saturated heterocycles. The van der Waals surface area contributed by atoms with Crippen molar-refractivity contribution >= 4 is 40.5 Å². The minimum absolute atomic E-state index is 0.157. The summed E-state index contributed by atoms with van der Waals surface area (Å²) < 4.78 is 5.40. The van der Waals surface area contributed by atoms with E-state index in [-0.39, 0.29) is 12.5 Å². The van der Waals surface area contributed by atoms with Crippen molar-refractivity contribution < 1.29 is 9.53 Å². The van der Waals surface area contributed by atoms with E-state index in [1.54, 1.807) is 24.3 Å². The molecule has 4 nitrogen and oxygen atoms in total. The second kappa shape index (κ2) is 8.50. The maximum Gasteiger partial charge on any atom is 0.264 e. The van der Waals surface area contributed by atoms with Crippen LogP contribution in [0.2, 0.25) is 5.02 Å². The number of halogens is 1. The third-order valence-electron chi connectivity index (χ3n) is 3.07. The first-order chi connectivity index (χ1) is 11.1. The van der Waals surface area contributed by atoms with Gasteiger partial charge >= 0.3 is 0 Å². The summed E-state index contributed by atoms with van der Waals surface area (Å²) >= 11 is 11.3. The van der Waals surface area contributed by atoms with Gasteiger partial charge in [-0.25, -0.2) is 0 Å². The zero-order valence-electron chi connectivity index (χ0n) is 12.7. The van der Waals surface area contributed by atoms with Crippen molar-refractivity contribution in [1.82, 2.24) is 5.32 Å². The van der Waals surface area contributed by atoms with Crippen molar-refractivity contribution in [2.24, 2.45) is 0 Å². The Labute approximate surface area is 146 Å². The average Bonchev–Trinajstić information content (AvgIpc) is 2.56. The average molecular weight is 349 g/mol. The van der Waals surface area contributed by atoms with Gasteiger partial charge in [0.25, 0.3) is 5.91 Å². The van der Waals surface area contributed by atoms with Crippen molar-refractivity contribution in [3.63, 3.8) is 0 Å². The number of para-hydroxylation sites is 2. The highest BCUT2D eigenvalue weighted by atomic mass is 35.5. The van der Waals surface area contributed by atoms with Crippen molar-refractivity contribution in [1.29, 1.82) is 0 Å². The highest BCUT2D eigenvalue weighted by Crippen LogP contribution is 2.22. The van der Waals surface area contributed by atoms with E-state index < -0.39 is 0 Å². The molecule has 0 aromatic heterocycles. The van der Waals surface area contributed by atoms with Crippen molar-refractivity contribution in [2.75, 3.05) is 18.1 Å². The largest absolute Gasteiger partial charge is 0.482 e. The van der Waals surface area contributed by atoms with Gasteiger partial charge in [0.05, 0.1) is 5.02 Å². The Balaban J connectivity index is 1.91. The number of amides is 1. The number of benzene rings is 2. The van der Waals surface area contributed by atoms with Gasteiger partial charge in [0.2, 0.25) is 0 Å². The molecular weight excluding hydrogens is 332 g/mol. The second-order valence-electron chi connectivity index (χ2n) is 4.65. The van der Waals surface area contributed by atoms with Crippen LogP contribution < -0.4 is 15.0 Å². The summed E-state index contributed by atoms with van der Waals surface area (Å²) in [6.07, 6.45) is 0. The first-order valence-electron chi connectivity index (χ1n) is 7.15. The molecule has 6 heteroatoms. The maximum absolute atomic E-state index is 12.0. The van der Waals surface area contributed by atoms with E-state index >= 15 is 0 Å². The minimum Gasteiger partial charge on any atom is -0.482 e. The standard InChI is InChI=1S/C17H17ClN2O2S/c1-2-20(13-8-4-3-5-9-13)17(23)19-16(21)12-22-15-11-7-6-10-14(15)18/h3-11H,2,12H2,1H3,(H,19,21,23). The zero-order chi connectivity index (χ0) is 16.7. The third kappa shape index (κ3) is 4.94. The molecule has 1 amide bonds. The van der Waals surface area contributed by atoms with Crippen LogP contribution in [0.3, 0.4) is 0 Å². The van der Waals surface area contributed by atoms with Crippen LogP contribution in [0.25, 0.3) is 0 Å². The van der Waals surface area contributed by atoms with Crippen LogP contribution in [0.1, 0.15) is 6.92 Å². The van der Waals surface area contributed by atoms with E-state index in [2.05, 4.69) is 5.32 Å². The number of anilines is 1. The second-order valence-corrected chi connectivity index (χ2v) is 5.45. The van der Waals surface area contributed by atoms with E-state index in [0.29, 0.717) is 22.4 Å². The smallest absolute Gasteiger partial charge is 0.264 e. The number of thiocarbonyl (C=S) groups is 1. The molecule has 0 unspecified atom stereocenters. The number of nitrogens with zero attached hydrogens (tertiary/aromatic N) is 1. The Morgan fingerprint density at radius 3 is 2.48 bits per heavy atom. The van der Waals surface area contributed by atoms with Gasteiger partial charge in [0.15, 0.2) is 11.7 Å². The lowest BCUT2D eigenvalue weighted by Gasteiger charge is -2.23. The Hall–Kier alpha value is -2.11. The van der Waals surface area contributed by atoms with Gasteiger partial charge in [-0.05, 0) is 43.4 Å². The van der Waals surface area contributed by atoms with E-state index in [1.807, 2.05) is 42.2 Å². The summed E-state index contributed by atoms with van der Waals surface area (Å²) in [5, 5.41) is 3.47. The summed E-state index contributed by atoms with van der Waals surface area (Å²) in [7, 11) is 0. The van der Waals surface area contributed by atoms with E-state index in [9.17, 15) is 4.79 Å². The lowest BCUT2D eigenvalue weighted by atomic mass is 10.3. The lowest BCUT2D eigenvalue weighted by Crippen LogP contribution is -2.44. The molecule has 1 N–H and O–H groups in total. The first-order valence-corrected chi connectivity index (χ1v) is 7.94. The molecule has 2 rings (SSSR count). The van der Waals surface area contributed by atoms with Crippen LogP contribution in [-0.4, -0.2) is 24.2 Å². The maximum atomic E-state index is 12.0. The molecule has 2 aromatic carbocycles. The van der Waals surface area contributed by atoms with Gasteiger partial charge in [-0.2, -0.15) is 0 Å². The van der Waals surface area contributed by atoms with Gasteiger partial charge in [-0.3, -0.25) is 10.1 Å². The predicted molar refractivity (Wildman–Crippen MR) is 97.1 cm³/mol. The molecule has 0 aliphatic heterocycles. The third-order valence-corrected chi connectivity index (χ3v) is 3.71. The Morgan fingerprint density at radius 2 is 1.83 bits per heavy atom. The lowest BCUT2D eigenvalue weighted by molar-refractivity contribution is -0.121. The summed E-state index contributed by atoms with van der Waals surface area (Å²) in [6, 6.07) is 16.6. The SMILES string of the molecule is CCN(C(=S)NC(=O)COc1ccccc1Cl)c1ccccc1. The fraction of sp³-hybridized carbons (Fsp3) is 0.176. The first kappa shape index (κ1) is 17.2. The molecule has 2 aromatic rings. The molecule has 0 radical (unpaired) electrons. The summed E-state index contributed by atoms with van der Waals surface area (Å²) in [4.78, 5) is 13.8. The summed E-state index contributed by atoms with van der Waals surface area (Å²) in [5.74, 6) is 0.134. The molecule has 0 aliphatic rings.